The van der Waals surface area contributed by atoms with E-state index in [0.717, 1.165) is 11.1 Å². The van der Waals surface area contributed by atoms with Gasteiger partial charge < -0.3 is 9.84 Å². The van der Waals surface area contributed by atoms with E-state index in [2.05, 4.69) is 4.98 Å². The number of aryl methyl sites for hydroxylation is 2. The van der Waals surface area contributed by atoms with Gasteiger partial charge in [-0.25, -0.2) is 0 Å². The molecular formula is C19H18ClNO3. The topological polar surface area (TPSA) is 59.4 Å². The maximum Gasteiger partial charge on any atom is 0.230 e. The van der Waals surface area contributed by atoms with Crippen LogP contribution < -0.4 is 0 Å². The highest BCUT2D eigenvalue weighted by Crippen LogP contribution is 2.41. The molecular weight excluding hydrogens is 326 g/mol. The third-order valence-corrected chi connectivity index (χ3v) is 4.69. The fourth-order valence-corrected chi connectivity index (χ4v) is 3.10. The van der Waals surface area contributed by atoms with Crippen LogP contribution in [-0.4, -0.2) is 15.9 Å². The Kier molecular flexibility index (Phi) is 4.43. The summed E-state index contributed by atoms with van der Waals surface area (Å²) < 4.78 is 6.01. The van der Waals surface area contributed by atoms with Crippen LogP contribution in [0.4, 0.5) is 0 Å². The van der Waals surface area contributed by atoms with Gasteiger partial charge in [-0.05, 0) is 50.1 Å². The molecule has 5 heteroatoms. The van der Waals surface area contributed by atoms with E-state index < -0.39 is 18.0 Å². The highest BCUT2D eigenvalue weighted by molar-refractivity contribution is 6.31. The van der Waals surface area contributed by atoms with Crippen molar-refractivity contribution in [2.24, 2.45) is 0 Å². The van der Waals surface area contributed by atoms with E-state index in [1.807, 2.05) is 26.0 Å². The molecule has 0 fully saturated rings. The molecule has 0 saturated heterocycles. The third kappa shape index (κ3) is 2.83. The summed E-state index contributed by atoms with van der Waals surface area (Å²) in [5.41, 5.74) is 3.69. The molecule has 1 N–H and O–H groups in total. The summed E-state index contributed by atoms with van der Waals surface area (Å²) in [6, 6.07) is 9.08. The zero-order valence-electron chi connectivity index (χ0n) is 13.7. The minimum atomic E-state index is -0.951. The van der Waals surface area contributed by atoms with Gasteiger partial charge in [-0.3, -0.25) is 9.78 Å². The molecule has 0 spiro atoms. The first-order valence-electron chi connectivity index (χ1n) is 7.67. The molecule has 0 bridgehead atoms. The Labute approximate surface area is 145 Å². The van der Waals surface area contributed by atoms with Crippen LogP contribution in [0, 0.1) is 13.8 Å². The molecule has 2 atom stereocenters. The van der Waals surface area contributed by atoms with E-state index in [0.29, 0.717) is 21.9 Å². The highest BCUT2D eigenvalue weighted by Gasteiger charge is 2.38. The first-order chi connectivity index (χ1) is 11.4. The van der Waals surface area contributed by atoms with Gasteiger partial charge in [-0.1, -0.05) is 23.7 Å². The van der Waals surface area contributed by atoms with E-state index in [9.17, 15) is 9.90 Å². The van der Waals surface area contributed by atoms with Gasteiger partial charge in [0.2, 0.25) is 5.78 Å². The second-order valence-corrected chi connectivity index (χ2v) is 6.41. The molecule has 24 heavy (non-hydrogen) atoms. The molecule has 1 aromatic carbocycles. The fraction of sp³-hybridized carbons (Fsp3) is 0.263. The molecule has 1 aromatic heterocycles. The minimum absolute atomic E-state index is 0.281. The quantitative estimate of drug-likeness (QED) is 0.868. The third-order valence-electron chi connectivity index (χ3n) is 4.36. The number of aromatic nitrogens is 1. The van der Waals surface area contributed by atoms with Crippen molar-refractivity contribution >= 4 is 17.4 Å². The lowest BCUT2D eigenvalue weighted by atomic mass is 9.93. The number of ketones is 1. The number of Topliss-reactive ketones (excluding diaryl/α,β-unsaturated/α-hetero) is 1. The predicted octanol–water partition coefficient (Wildman–Crippen LogP) is 4.57. The predicted molar refractivity (Wildman–Crippen MR) is 92.1 cm³/mol. The lowest BCUT2D eigenvalue weighted by Crippen LogP contribution is -2.28. The van der Waals surface area contributed by atoms with Crippen molar-refractivity contribution in [1.29, 1.82) is 0 Å². The zero-order chi connectivity index (χ0) is 17.4. The normalized spacial score (nSPS) is 21.2. The minimum Gasteiger partial charge on any atom is -0.504 e. The number of carbonyl (C=O) groups is 1. The van der Waals surface area contributed by atoms with Crippen LogP contribution in [0.1, 0.15) is 41.5 Å². The van der Waals surface area contributed by atoms with Crippen molar-refractivity contribution < 1.29 is 14.6 Å². The van der Waals surface area contributed by atoms with E-state index in [4.69, 9.17) is 16.3 Å². The zero-order valence-corrected chi connectivity index (χ0v) is 14.5. The maximum atomic E-state index is 12.5. The Balaban J connectivity index is 2.08. The molecule has 0 amide bonds. The molecule has 1 aliphatic heterocycles. The van der Waals surface area contributed by atoms with E-state index >= 15 is 0 Å². The van der Waals surface area contributed by atoms with Crippen molar-refractivity contribution in [3.05, 3.63) is 75.3 Å². The van der Waals surface area contributed by atoms with E-state index in [1.54, 1.807) is 31.3 Å². The molecule has 0 saturated carbocycles. The summed E-state index contributed by atoms with van der Waals surface area (Å²) in [7, 11) is 0. The van der Waals surface area contributed by atoms with Gasteiger partial charge in [-0.15, -0.1) is 0 Å². The molecule has 0 aliphatic carbocycles. The standard InChI is InChI=1S/C19H18ClNO3/c1-10-8-13(14(20)9-11(10)2)19-17(23)16(22)12(3)18(24-19)15-6-4-5-7-21-15/h4-9,18-19,22H,1-3H3. The lowest BCUT2D eigenvalue weighted by Gasteiger charge is -2.30. The summed E-state index contributed by atoms with van der Waals surface area (Å²) in [6.45, 7) is 5.57. The number of pyridine rings is 1. The van der Waals surface area contributed by atoms with Crippen LogP contribution in [0.15, 0.2) is 47.9 Å². The summed E-state index contributed by atoms with van der Waals surface area (Å²) in [4.78, 5) is 16.8. The first-order valence-corrected chi connectivity index (χ1v) is 8.05. The van der Waals surface area contributed by atoms with Crippen LogP contribution in [0.2, 0.25) is 5.02 Å². The van der Waals surface area contributed by atoms with Crippen molar-refractivity contribution in [2.45, 2.75) is 33.0 Å². The molecule has 0 radical (unpaired) electrons. The van der Waals surface area contributed by atoms with Crippen molar-refractivity contribution in [3.8, 4) is 0 Å². The Morgan fingerprint density at radius 2 is 1.83 bits per heavy atom. The fourth-order valence-electron chi connectivity index (χ4n) is 2.78. The number of hydrogen-bond donors (Lipinski definition) is 1. The van der Waals surface area contributed by atoms with Crippen LogP contribution in [0.25, 0.3) is 0 Å². The molecule has 4 nitrogen and oxygen atoms in total. The number of halogens is 1. The molecule has 2 heterocycles. The molecule has 2 unspecified atom stereocenters. The Morgan fingerprint density at radius 3 is 2.50 bits per heavy atom. The van der Waals surface area contributed by atoms with Gasteiger partial charge in [0.25, 0.3) is 0 Å². The number of benzene rings is 1. The smallest absolute Gasteiger partial charge is 0.230 e. The Morgan fingerprint density at radius 1 is 1.12 bits per heavy atom. The summed E-state index contributed by atoms with van der Waals surface area (Å²) in [6.07, 6.45) is 0.108. The van der Waals surface area contributed by atoms with Crippen molar-refractivity contribution in [2.75, 3.05) is 0 Å². The number of nitrogens with zero attached hydrogens (tertiary/aromatic N) is 1. The van der Waals surface area contributed by atoms with E-state index in [-0.39, 0.29) is 5.76 Å². The number of aliphatic hydroxyl groups excluding tert-OH is 1. The molecule has 124 valence electrons. The van der Waals surface area contributed by atoms with Gasteiger partial charge in [0.15, 0.2) is 11.9 Å². The number of hydrogen-bond acceptors (Lipinski definition) is 4. The summed E-state index contributed by atoms with van der Waals surface area (Å²) in [5, 5.41) is 10.8. The van der Waals surface area contributed by atoms with Gasteiger partial charge in [0.05, 0.1) is 5.69 Å². The van der Waals surface area contributed by atoms with Crippen molar-refractivity contribution in [1.82, 2.24) is 4.98 Å². The van der Waals surface area contributed by atoms with Crippen molar-refractivity contribution in [3.63, 3.8) is 0 Å². The van der Waals surface area contributed by atoms with Gasteiger partial charge in [0.1, 0.15) is 6.10 Å². The summed E-state index contributed by atoms with van der Waals surface area (Å²) >= 11 is 6.33. The van der Waals surface area contributed by atoms with Gasteiger partial charge >= 0.3 is 0 Å². The Bertz CT molecular complexity index is 830. The average Bonchev–Trinajstić information content (AvgIpc) is 2.57. The monoisotopic (exact) mass is 343 g/mol. The Hall–Kier alpha value is -2.17. The largest absolute Gasteiger partial charge is 0.504 e. The van der Waals surface area contributed by atoms with Crippen LogP contribution in [0.3, 0.4) is 0 Å². The lowest BCUT2D eigenvalue weighted by molar-refractivity contribution is -0.136. The number of ether oxygens (including phenoxy) is 1. The average molecular weight is 344 g/mol. The van der Waals surface area contributed by atoms with E-state index in [1.165, 1.54) is 0 Å². The van der Waals surface area contributed by atoms with Crippen LogP contribution >= 0.6 is 11.6 Å². The van der Waals surface area contributed by atoms with Crippen LogP contribution in [0.5, 0.6) is 0 Å². The van der Waals surface area contributed by atoms with Crippen LogP contribution in [-0.2, 0) is 9.53 Å². The molecule has 1 aliphatic rings. The first kappa shape index (κ1) is 16.7. The number of aliphatic hydroxyl groups is 1. The second kappa shape index (κ2) is 6.38. The molecule has 3 rings (SSSR count). The maximum absolute atomic E-state index is 12.5. The number of rotatable bonds is 2. The SMILES string of the molecule is CC1=C(O)C(=O)C(c2cc(C)c(C)cc2Cl)OC1c1ccccn1. The molecule has 2 aromatic rings. The highest BCUT2D eigenvalue weighted by atomic mass is 35.5. The van der Waals surface area contributed by atoms with Gasteiger partial charge in [-0.2, -0.15) is 0 Å². The van der Waals surface area contributed by atoms with Gasteiger partial charge in [0, 0.05) is 22.4 Å². The number of carbonyl (C=O) groups excluding carboxylic acids is 1. The summed E-state index contributed by atoms with van der Waals surface area (Å²) in [5.74, 6) is -0.763. The second-order valence-electron chi connectivity index (χ2n) is 6.00.